The van der Waals surface area contributed by atoms with Crippen molar-refractivity contribution in [1.82, 2.24) is 35.5 Å². The van der Waals surface area contributed by atoms with Gasteiger partial charge in [0, 0.05) is 44.6 Å². The fourth-order valence-corrected chi connectivity index (χ4v) is 7.16. The lowest BCUT2D eigenvalue weighted by molar-refractivity contribution is -0.122. The van der Waals surface area contributed by atoms with E-state index in [0.29, 0.717) is 93.6 Å². The number of aromatic hydroxyl groups is 1. The van der Waals surface area contributed by atoms with Gasteiger partial charge in [-0.15, -0.1) is 0 Å². The second-order valence-electron chi connectivity index (χ2n) is 15.6. The highest BCUT2D eigenvalue weighted by Crippen LogP contribution is 2.32. The van der Waals surface area contributed by atoms with Crippen molar-refractivity contribution in [2.24, 2.45) is 0 Å². The minimum atomic E-state index is -1.25. The second kappa shape index (κ2) is 29.3. The maximum absolute atomic E-state index is 12.2. The number of benzene rings is 1. The van der Waals surface area contributed by atoms with Gasteiger partial charge in [-0.2, -0.15) is 0 Å². The van der Waals surface area contributed by atoms with E-state index in [9.17, 15) is 40.2 Å². The van der Waals surface area contributed by atoms with Crippen LogP contribution in [0.3, 0.4) is 0 Å². The van der Waals surface area contributed by atoms with Gasteiger partial charge in [-0.05, 0) is 49.9 Å². The van der Waals surface area contributed by atoms with Crippen molar-refractivity contribution in [1.29, 1.82) is 0 Å². The summed E-state index contributed by atoms with van der Waals surface area (Å²) in [6, 6.07) is 4.79. The maximum Gasteiger partial charge on any atom is 0.220 e. The molecule has 4 rings (SSSR count). The number of aliphatic hydroxyl groups is 5. The van der Waals surface area contributed by atoms with Crippen LogP contribution in [0, 0.1) is 0 Å². The first-order valence-electron chi connectivity index (χ1n) is 22.3. The van der Waals surface area contributed by atoms with Gasteiger partial charge in [0.05, 0.1) is 52.1 Å². The summed E-state index contributed by atoms with van der Waals surface area (Å²) in [6.07, 6.45) is 11.1. The lowest BCUT2D eigenvalue weighted by atomic mass is 10.0. The molecule has 0 aliphatic carbocycles. The molecule has 1 unspecified atom stereocenters. The van der Waals surface area contributed by atoms with Gasteiger partial charge in [-0.25, -0.2) is 15.0 Å². The van der Waals surface area contributed by atoms with Crippen LogP contribution in [0.1, 0.15) is 113 Å². The zero-order valence-corrected chi connectivity index (χ0v) is 36.0. The molecule has 19 nitrogen and oxygen atoms in total. The van der Waals surface area contributed by atoms with E-state index in [-0.39, 0.29) is 24.2 Å². The standard InChI is InChI=1S/C43H70N8O11/c52-27-32-25-31(15-16-33(32)54)34(55)26-44-17-11-7-5-3-1-2-4-6-9-13-36(56)45-19-21-60-23-24-61-22-20-46-37(57)14-10-8-12-18-47-41-38-42(49-29-48-41)51(30-50-38)43-40(59)39(58)35(28-53)62-43/h15-16,25,29-30,34-35,39-40,43-44,52-55,58-59H,1-14,17-24,26-28H2,(H,45,56)(H,46,57)(H,47,48,49)/t34?,35-,39-,40-,43-/m1/s1. The average molecular weight is 875 g/mol. The van der Waals surface area contributed by atoms with Crippen molar-refractivity contribution in [3.05, 3.63) is 42.0 Å². The summed E-state index contributed by atoms with van der Waals surface area (Å²) in [5.74, 6) is 0.568. The molecule has 10 N–H and O–H groups in total. The Morgan fingerprint density at radius 1 is 0.758 bits per heavy atom. The fraction of sp³-hybridized carbons (Fsp3) is 0.698. The number of carbonyl (C=O) groups is 2. The van der Waals surface area contributed by atoms with E-state index in [4.69, 9.17) is 14.2 Å². The number of carbonyl (C=O) groups excluding carboxylic acids is 2. The van der Waals surface area contributed by atoms with Crippen LogP contribution in [-0.2, 0) is 30.4 Å². The van der Waals surface area contributed by atoms with Crippen LogP contribution in [0.5, 0.6) is 5.75 Å². The molecule has 19 heteroatoms. The zero-order valence-electron chi connectivity index (χ0n) is 36.0. The van der Waals surface area contributed by atoms with Crippen molar-refractivity contribution in [3.8, 4) is 5.75 Å². The van der Waals surface area contributed by atoms with Gasteiger partial charge in [-0.3, -0.25) is 14.2 Å². The number of rotatable bonds is 34. The van der Waals surface area contributed by atoms with Crippen LogP contribution in [0.2, 0.25) is 0 Å². The summed E-state index contributed by atoms with van der Waals surface area (Å²) >= 11 is 0. The number of aliphatic hydroxyl groups excluding tert-OH is 5. The topological polar surface area (TPSA) is 275 Å². The molecule has 1 aliphatic heterocycles. The number of imidazole rings is 1. The Hall–Kier alpha value is -4.05. The number of fused-ring (bicyclic) bond motifs is 1. The van der Waals surface area contributed by atoms with Crippen molar-refractivity contribution >= 4 is 28.8 Å². The monoisotopic (exact) mass is 875 g/mol. The first kappa shape index (κ1) is 50.6. The van der Waals surface area contributed by atoms with Crippen molar-refractivity contribution in [3.63, 3.8) is 0 Å². The van der Waals surface area contributed by atoms with Crippen LogP contribution in [0.15, 0.2) is 30.9 Å². The van der Waals surface area contributed by atoms with Crippen LogP contribution < -0.4 is 21.3 Å². The molecule has 3 heterocycles. The number of nitrogens with one attached hydrogen (secondary N) is 4. The van der Waals surface area contributed by atoms with Gasteiger partial charge in [0.1, 0.15) is 30.4 Å². The predicted octanol–water partition coefficient (Wildman–Crippen LogP) is 2.10. The molecule has 0 spiro atoms. The fourth-order valence-electron chi connectivity index (χ4n) is 7.16. The number of unbranched alkanes of at least 4 members (excludes halogenated alkanes) is 10. The van der Waals surface area contributed by atoms with E-state index >= 15 is 0 Å². The molecule has 348 valence electrons. The van der Waals surface area contributed by atoms with Crippen molar-refractivity contribution in [2.75, 3.05) is 71.1 Å². The number of nitrogens with zero attached hydrogens (tertiary/aromatic N) is 4. The molecule has 0 bridgehead atoms. The van der Waals surface area contributed by atoms with Crippen LogP contribution in [-0.4, -0.2) is 146 Å². The summed E-state index contributed by atoms with van der Waals surface area (Å²) in [6.45, 7) is 3.67. The summed E-state index contributed by atoms with van der Waals surface area (Å²) < 4.78 is 18.2. The molecule has 0 saturated carbocycles. The molecule has 1 aliphatic rings. The number of amides is 2. The molecule has 2 amide bonds. The van der Waals surface area contributed by atoms with Crippen LogP contribution in [0.25, 0.3) is 11.2 Å². The lowest BCUT2D eigenvalue weighted by Gasteiger charge is -2.16. The largest absolute Gasteiger partial charge is 0.508 e. The Morgan fingerprint density at radius 2 is 1.37 bits per heavy atom. The third kappa shape index (κ3) is 17.6. The van der Waals surface area contributed by atoms with Gasteiger partial charge < -0.3 is 66.1 Å². The smallest absolute Gasteiger partial charge is 0.220 e. The molecule has 2 aromatic heterocycles. The number of anilines is 1. The lowest BCUT2D eigenvalue weighted by Crippen LogP contribution is -2.33. The number of ether oxygens (including phenoxy) is 3. The van der Waals surface area contributed by atoms with Gasteiger partial charge >= 0.3 is 0 Å². The molecule has 3 aromatic rings. The van der Waals surface area contributed by atoms with Crippen molar-refractivity contribution < 1.29 is 54.4 Å². The minimum Gasteiger partial charge on any atom is -0.508 e. The highest BCUT2D eigenvalue weighted by atomic mass is 16.6. The van der Waals surface area contributed by atoms with Gasteiger partial charge in [-0.1, -0.05) is 57.4 Å². The van der Waals surface area contributed by atoms with Crippen LogP contribution >= 0.6 is 0 Å². The molecular weight excluding hydrogens is 805 g/mol. The normalized spacial score (nSPS) is 18.0. The zero-order chi connectivity index (χ0) is 44.4. The molecular formula is C43H70N8O11. The van der Waals surface area contributed by atoms with Gasteiger partial charge in [0.15, 0.2) is 23.2 Å². The number of hydrogen-bond acceptors (Lipinski definition) is 16. The summed E-state index contributed by atoms with van der Waals surface area (Å²) in [7, 11) is 0. The Kier molecular flexibility index (Phi) is 23.9. The third-order valence-corrected chi connectivity index (χ3v) is 10.8. The van der Waals surface area contributed by atoms with E-state index in [1.54, 1.807) is 12.1 Å². The van der Waals surface area contributed by atoms with Gasteiger partial charge in [0.2, 0.25) is 11.8 Å². The van der Waals surface area contributed by atoms with Gasteiger partial charge in [0.25, 0.3) is 0 Å². The Bertz CT molecular complexity index is 1720. The number of aromatic nitrogens is 4. The average Bonchev–Trinajstić information content (AvgIpc) is 3.83. The van der Waals surface area contributed by atoms with E-state index < -0.39 is 37.3 Å². The summed E-state index contributed by atoms with van der Waals surface area (Å²) in [4.78, 5) is 37.2. The highest BCUT2D eigenvalue weighted by molar-refractivity contribution is 5.82. The maximum atomic E-state index is 12.2. The first-order valence-corrected chi connectivity index (χ1v) is 22.3. The minimum absolute atomic E-state index is 0.0307. The van der Waals surface area contributed by atoms with Crippen molar-refractivity contribution in [2.45, 2.75) is 127 Å². The SMILES string of the molecule is O=C(CCCCCCCCCCCNCC(O)c1ccc(O)c(CO)c1)NCCOCCOCCNC(=O)CCCCCNc1ncnc2c1ncn2[C@@H]1O[C@H](CO)[C@@H](O)[C@H]1O. The van der Waals surface area contributed by atoms with E-state index in [0.717, 1.165) is 57.9 Å². The number of hydrogen-bond donors (Lipinski definition) is 10. The summed E-state index contributed by atoms with van der Waals surface area (Å²) in [5, 5.41) is 71.4. The van der Waals surface area contributed by atoms with Crippen LogP contribution in [0.4, 0.5) is 5.82 Å². The Balaban J connectivity index is 0.858. The Labute approximate surface area is 364 Å². The first-order chi connectivity index (χ1) is 30.2. The number of phenols is 1. The quantitative estimate of drug-likeness (QED) is 0.0385. The molecule has 1 aromatic carbocycles. The molecule has 0 radical (unpaired) electrons. The predicted molar refractivity (Wildman–Crippen MR) is 231 cm³/mol. The molecule has 1 fully saturated rings. The van der Waals surface area contributed by atoms with E-state index in [1.807, 2.05) is 0 Å². The molecule has 5 atom stereocenters. The Morgan fingerprint density at radius 3 is 2.00 bits per heavy atom. The van der Waals surface area contributed by atoms with E-state index in [2.05, 4.69) is 36.2 Å². The third-order valence-electron chi connectivity index (χ3n) is 10.8. The highest BCUT2D eigenvalue weighted by Gasteiger charge is 2.44. The molecule has 1 saturated heterocycles. The second-order valence-corrected chi connectivity index (χ2v) is 15.6. The van der Waals surface area contributed by atoms with E-state index in [1.165, 1.54) is 49.0 Å². The molecule has 62 heavy (non-hydrogen) atoms. The summed E-state index contributed by atoms with van der Waals surface area (Å²) in [5.41, 5.74) is 2.00.